The van der Waals surface area contributed by atoms with Crippen LogP contribution in [0.15, 0.2) is 17.6 Å². The predicted molar refractivity (Wildman–Crippen MR) is 50.4 cm³/mol. The monoisotopic (exact) mass is 200 g/mol. The minimum atomic E-state index is -0.0412. The van der Waals surface area contributed by atoms with Gasteiger partial charge in [0.2, 0.25) is 0 Å². The van der Waals surface area contributed by atoms with E-state index in [1.165, 1.54) is 11.8 Å². The first-order valence-corrected chi connectivity index (χ1v) is 4.83. The molecule has 1 atom stereocenters. The molecule has 0 amide bonds. The molecule has 0 aliphatic heterocycles. The summed E-state index contributed by atoms with van der Waals surface area (Å²) in [4.78, 5) is 8.04. The zero-order chi connectivity index (χ0) is 9.68. The first kappa shape index (κ1) is 10.4. The lowest BCUT2D eigenvalue weighted by molar-refractivity contribution is 0.280. The van der Waals surface area contributed by atoms with Gasteiger partial charge in [-0.3, -0.25) is 0 Å². The molecule has 0 aliphatic carbocycles. The number of nitrogens with zero attached hydrogens (tertiary/aromatic N) is 2. The van der Waals surface area contributed by atoms with Crippen molar-refractivity contribution < 1.29 is 10.2 Å². The highest BCUT2D eigenvalue weighted by molar-refractivity contribution is 7.99. The Labute approximate surface area is 81.0 Å². The number of hydrogen-bond donors (Lipinski definition) is 2. The normalized spacial score (nSPS) is 12.8. The van der Waals surface area contributed by atoms with Crippen molar-refractivity contribution in [2.75, 3.05) is 6.61 Å². The summed E-state index contributed by atoms with van der Waals surface area (Å²) in [6.45, 7) is 1.96. The van der Waals surface area contributed by atoms with E-state index in [-0.39, 0.29) is 18.5 Å². The maximum atomic E-state index is 8.78. The van der Waals surface area contributed by atoms with Crippen LogP contribution < -0.4 is 0 Å². The minimum Gasteiger partial charge on any atom is -0.395 e. The fourth-order valence-corrected chi connectivity index (χ4v) is 1.36. The van der Waals surface area contributed by atoms with E-state index in [9.17, 15) is 0 Å². The average molecular weight is 200 g/mol. The molecule has 2 N–H and O–H groups in total. The first-order valence-electron chi connectivity index (χ1n) is 3.95. The van der Waals surface area contributed by atoms with Crippen LogP contribution >= 0.6 is 11.8 Å². The highest BCUT2D eigenvalue weighted by Gasteiger charge is 2.04. The fraction of sp³-hybridized carbons (Fsp3) is 0.500. The molecule has 0 spiro atoms. The molecule has 5 heteroatoms. The Bertz CT molecular complexity index is 253. The lowest BCUT2D eigenvalue weighted by Crippen LogP contribution is -2.03. The largest absolute Gasteiger partial charge is 0.395 e. The van der Waals surface area contributed by atoms with Crippen molar-refractivity contribution in [1.82, 2.24) is 9.97 Å². The summed E-state index contributed by atoms with van der Waals surface area (Å²) >= 11 is 1.41. The van der Waals surface area contributed by atoms with Gasteiger partial charge < -0.3 is 10.2 Å². The molecule has 72 valence electrons. The zero-order valence-corrected chi connectivity index (χ0v) is 8.16. The number of aromatic nitrogens is 2. The smallest absolute Gasteiger partial charge is 0.187 e. The van der Waals surface area contributed by atoms with Crippen molar-refractivity contribution in [3.05, 3.63) is 18.0 Å². The van der Waals surface area contributed by atoms with Gasteiger partial charge in [-0.05, 0) is 0 Å². The van der Waals surface area contributed by atoms with Crippen LogP contribution in [0.1, 0.15) is 12.5 Å². The van der Waals surface area contributed by atoms with Crippen LogP contribution in [0.4, 0.5) is 0 Å². The van der Waals surface area contributed by atoms with Gasteiger partial charge in [0.25, 0.3) is 0 Å². The third-order valence-corrected chi connectivity index (χ3v) is 2.40. The van der Waals surface area contributed by atoms with E-state index in [1.807, 2.05) is 6.92 Å². The molecule has 0 saturated heterocycles. The molecule has 0 bridgehead atoms. The van der Waals surface area contributed by atoms with E-state index < -0.39 is 0 Å². The third kappa shape index (κ3) is 3.30. The van der Waals surface area contributed by atoms with Crippen molar-refractivity contribution >= 4 is 11.8 Å². The molecule has 4 nitrogen and oxygen atoms in total. The Kier molecular flexibility index (Phi) is 4.14. The van der Waals surface area contributed by atoms with Crippen molar-refractivity contribution in [1.29, 1.82) is 0 Å². The van der Waals surface area contributed by atoms with Gasteiger partial charge in [0.1, 0.15) is 0 Å². The Hall–Kier alpha value is -0.650. The average Bonchev–Trinajstić information content (AvgIpc) is 2.19. The molecular formula is C8H12N2O2S. The molecule has 1 unspecified atom stereocenters. The molecule has 1 heterocycles. The Morgan fingerprint density at radius 2 is 2.00 bits per heavy atom. The van der Waals surface area contributed by atoms with E-state index in [4.69, 9.17) is 10.2 Å². The molecule has 1 aromatic heterocycles. The second-order valence-corrected chi connectivity index (χ2v) is 4.05. The number of thioether (sulfide) groups is 1. The maximum Gasteiger partial charge on any atom is 0.187 e. The number of rotatable bonds is 4. The lowest BCUT2D eigenvalue weighted by Gasteiger charge is -2.05. The molecular weight excluding hydrogens is 188 g/mol. The van der Waals surface area contributed by atoms with Crippen LogP contribution in [0.5, 0.6) is 0 Å². The summed E-state index contributed by atoms with van der Waals surface area (Å²) in [5.74, 6) is 0. The van der Waals surface area contributed by atoms with Crippen LogP contribution in [0, 0.1) is 0 Å². The zero-order valence-electron chi connectivity index (χ0n) is 7.34. The second-order valence-electron chi connectivity index (χ2n) is 2.64. The molecule has 0 radical (unpaired) electrons. The van der Waals surface area contributed by atoms with Gasteiger partial charge in [0.05, 0.1) is 13.2 Å². The predicted octanol–water partition coefficient (Wildman–Crippen LogP) is 0.442. The Morgan fingerprint density at radius 3 is 2.46 bits per heavy atom. The number of aliphatic hydroxyl groups is 2. The number of hydrogen-bond acceptors (Lipinski definition) is 5. The van der Waals surface area contributed by atoms with Gasteiger partial charge in [0.15, 0.2) is 5.16 Å². The molecule has 0 aliphatic rings. The third-order valence-electron chi connectivity index (χ3n) is 1.43. The van der Waals surface area contributed by atoms with E-state index >= 15 is 0 Å². The van der Waals surface area contributed by atoms with Gasteiger partial charge in [-0.15, -0.1) is 0 Å². The number of aliphatic hydroxyl groups excluding tert-OH is 2. The SMILES string of the molecule is CC(CO)Sc1ncc(CO)cn1. The topological polar surface area (TPSA) is 66.2 Å². The minimum absolute atomic E-state index is 0.0412. The summed E-state index contributed by atoms with van der Waals surface area (Å²) in [6, 6.07) is 0. The van der Waals surface area contributed by atoms with Crippen LogP contribution in [-0.2, 0) is 6.61 Å². The highest BCUT2D eigenvalue weighted by Crippen LogP contribution is 2.17. The summed E-state index contributed by atoms with van der Waals surface area (Å²) < 4.78 is 0. The molecule has 0 aromatic carbocycles. The van der Waals surface area contributed by atoms with Gasteiger partial charge in [-0.1, -0.05) is 18.7 Å². The highest BCUT2D eigenvalue weighted by atomic mass is 32.2. The van der Waals surface area contributed by atoms with Gasteiger partial charge >= 0.3 is 0 Å². The lowest BCUT2D eigenvalue weighted by atomic mass is 10.4. The first-order chi connectivity index (χ1) is 6.26. The van der Waals surface area contributed by atoms with Crippen LogP contribution in [0.2, 0.25) is 0 Å². The Morgan fingerprint density at radius 1 is 1.38 bits per heavy atom. The summed E-state index contributed by atoms with van der Waals surface area (Å²) in [7, 11) is 0. The quantitative estimate of drug-likeness (QED) is 0.545. The fourth-order valence-electron chi connectivity index (χ4n) is 0.703. The van der Waals surface area contributed by atoms with E-state index in [2.05, 4.69) is 9.97 Å². The van der Waals surface area contributed by atoms with Gasteiger partial charge in [-0.25, -0.2) is 9.97 Å². The van der Waals surface area contributed by atoms with E-state index in [0.717, 1.165) is 0 Å². The van der Waals surface area contributed by atoms with Crippen LogP contribution in [0.3, 0.4) is 0 Å². The second kappa shape index (κ2) is 5.16. The van der Waals surface area contributed by atoms with Crippen LogP contribution in [0.25, 0.3) is 0 Å². The van der Waals surface area contributed by atoms with E-state index in [0.29, 0.717) is 10.7 Å². The molecule has 13 heavy (non-hydrogen) atoms. The molecule has 0 fully saturated rings. The maximum absolute atomic E-state index is 8.78. The standard InChI is InChI=1S/C8H12N2O2S/c1-6(4-11)13-8-9-2-7(5-12)3-10-8/h2-3,6,11-12H,4-5H2,1H3. The molecule has 1 aromatic rings. The van der Waals surface area contributed by atoms with Crippen LogP contribution in [-0.4, -0.2) is 32.0 Å². The molecule has 0 saturated carbocycles. The Balaban J connectivity index is 2.58. The summed E-state index contributed by atoms with van der Waals surface area (Å²) in [6.07, 6.45) is 3.17. The van der Waals surface area contributed by atoms with E-state index in [1.54, 1.807) is 12.4 Å². The van der Waals surface area contributed by atoms with Gasteiger partial charge in [0, 0.05) is 23.2 Å². The van der Waals surface area contributed by atoms with Crippen molar-refractivity contribution in [3.63, 3.8) is 0 Å². The van der Waals surface area contributed by atoms with Crippen molar-refractivity contribution in [3.8, 4) is 0 Å². The summed E-state index contributed by atoms with van der Waals surface area (Å²) in [5, 5.41) is 18.2. The van der Waals surface area contributed by atoms with Crippen molar-refractivity contribution in [2.45, 2.75) is 23.9 Å². The van der Waals surface area contributed by atoms with Crippen molar-refractivity contribution in [2.24, 2.45) is 0 Å². The molecule has 1 rings (SSSR count). The summed E-state index contributed by atoms with van der Waals surface area (Å²) in [5.41, 5.74) is 0.695. The van der Waals surface area contributed by atoms with Gasteiger partial charge in [-0.2, -0.15) is 0 Å².